The Balaban J connectivity index is 0.000000810. The number of piperidine rings is 1. The molecule has 2 unspecified atom stereocenters. The van der Waals surface area contributed by atoms with Gasteiger partial charge in [0.2, 0.25) is 0 Å². The molecule has 0 amide bonds. The second kappa shape index (κ2) is 4.51. The van der Waals surface area contributed by atoms with E-state index in [9.17, 15) is 0 Å². The quantitative estimate of drug-likeness (QED) is 0.665. The van der Waals surface area contributed by atoms with Gasteiger partial charge in [0.1, 0.15) is 0 Å². The van der Waals surface area contributed by atoms with Gasteiger partial charge >= 0.3 is 0 Å². The smallest absolute Gasteiger partial charge is 0 e. The van der Waals surface area contributed by atoms with Crippen molar-refractivity contribution in [3.05, 3.63) is 6.92 Å². The predicted octanol–water partition coefficient (Wildman–Crippen LogP) is 1.31. The van der Waals surface area contributed by atoms with E-state index in [2.05, 4.69) is 26.1 Å². The largest absolute Gasteiger partial charge is 0.340 e. The summed E-state index contributed by atoms with van der Waals surface area (Å²) in [4.78, 5) is 0. The molecule has 60 valence electrons. The summed E-state index contributed by atoms with van der Waals surface area (Å²) in [5.74, 6) is 2.17. The SMILES string of the molecule is [CH2-]C1C(C)CNCC1C.[W]. The van der Waals surface area contributed by atoms with Crippen molar-refractivity contribution in [3.8, 4) is 0 Å². The Morgan fingerprint density at radius 3 is 1.90 bits per heavy atom. The molecule has 0 aliphatic carbocycles. The summed E-state index contributed by atoms with van der Waals surface area (Å²) in [5, 5.41) is 3.37. The summed E-state index contributed by atoms with van der Waals surface area (Å²) in [7, 11) is 0. The molecule has 1 heterocycles. The van der Waals surface area contributed by atoms with Crippen LogP contribution in [-0.2, 0) is 21.1 Å². The zero-order valence-electron chi connectivity index (χ0n) is 6.76. The minimum atomic E-state index is 0. The van der Waals surface area contributed by atoms with E-state index in [0.717, 1.165) is 24.9 Å². The molecule has 1 rings (SSSR count). The van der Waals surface area contributed by atoms with E-state index in [1.807, 2.05) is 0 Å². The molecule has 2 atom stereocenters. The maximum absolute atomic E-state index is 4.12. The second-order valence-electron chi connectivity index (χ2n) is 3.28. The fraction of sp³-hybridized carbons (Fsp3) is 0.875. The molecular formula is C8H16NW-. The topological polar surface area (TPSA) is 12.0 Å². The van der Waals surface area contributed by atoms with Crippen LogP contribution >= 0.6 is 0 Å². The number of rotatable bonds is 0. The van der Waals surface area contributed by atoms with Crippen molar-refractivity contribution >= 4 is 0 Å². The van der Waals surface area contributed by atoms with Crippen LogP contribution in [0.1, 0.15) is 13.8 Å². The average Bonchev–Trinajstić information content (AvgIpc) is 1.83. The monoisotopic (exact) mass is 310 g/mol. The van der Waals surface area contributed by atoms with Gasteiger partial charge in [-0.25, -0.2) is 0 Å². The van der Waals surface area contributed by atoms with Crippen molar-refractivity contribution < 1.29 is 21.1 Å². The molecule has 0 spiro atoms. The molecule has 1 N–H and O–H groups in total. The Hall–Kier alpha value is 0.648. The van der Waals surface area contributed by atoms with Crippen LogP contribution in [0.25, 0.3) is 0 Å². The summed E-state index contributed by atoms with van der Waals surface area (Å²) in [6.07, 6.45) is 0. The van der Waals surface area contributed by atoms with Crippen LogP contribution in [0.4, 0.5) is 0 Å². The van der Waals surface area contributed by atoms with Crippen molar-refractivity contribution in [1.29, 1.82) is 0 Å². The van der Waals surface area contributed by atoms with Crippen molar-refractivity contribution in [3.63, 3.8) is 0 Å². The number of nitrogens with one attached hydrogen (secondary N) is 1. The Bertz CT molecular complexity index is 85.3. The van der Waals surface area contributed by atoms with Gasteiger partial charge in [-0.1, -0.05) is 25.7 Å². The molecule has 1 aliphatic rings. The Kier molecular flexibility index (Phi) is 4.80. The van der Waals surface area contributed by atoms with Gasteiger partial charge in [0.05, 0.1) is 0 Å². The van der Waals surface area contributed by atoms with E-state index in [0.29, 0.717) is 5.92 Å². The summed E-state index contributed by atoms with van der Waals surface area (Å²) in [6.45, 7) is 11.0. The van der Waals surface area contributed by atoms with Crippen molar-refractivity contribution in [2.75, 3.05) is 13.1 Å². The van der Waals surface area contributed by atoms with Crippen LogP contribution in [-0.4, -0.2) is 13.1 Å². The maximum atomic E-state index is 4.12. The molecule has 1 aliphatic heterocycles. The molecule has 0 aromatic heterocycles. The van der Waals surface area contributed by atoms with E-state index in [1.165, 1.54) is 0 Å². The van der Waals surface area contributed by atoms with Crippen molar-refractivity contribution in [1.82, 2.24) is 5.32 Å². The van der Waals surface area contributed by atoms with Gasteiger partial charge in [-0.05, 0) is 13.1 Å². The molecule has 0 aromatic carbocycles. The molecular weight excluding hydrogens is 294 g/mol. The average molecular weight is 310 g/mol. The Labute approximate surface area is 78.2 Å². The summed E-state index contributed by atoms with van der Waals surface area (Å²) in [6, 6.07) is 0. The van der Waals surface area contributed by atoms with Gasteiger partial charge in [-0.2, -0.15) is 5.92 Å². The predicted molar refractivity (Wildman–Crippen MR) is 40.0 cm³/mol. The molecule has 1 fully saturated rings. The van der Waals surface area contributed by atoms with Crippen LogP contribution in [0.3, 0.4) is 0 Å². The van der Waals surface area contributed by atoms with Crippen LogP contribution in [0.15, 0.2) is 0 Å². The minimum Gasteiger partial charge on any atom is -0.340 e. The molecule has 2 heteroatoms. The third kappa shape index (κ3) is 2.36. The third-order valence-corrected chi connectivity index (χ3v) is 2.39. The Morgan fingerprint density at radius 1 is 1.20 bits per heavy atom. The second-order valence-corrected chi connectivity index (χ2v) is 3.28. The summed E-state index contributed by atoms with van der Waals surface area (Å²) in [5.41, 5.74) is 0. The van der Waals surface area contributed by atoms with Gasteiger partial charge in [-0.3, -0.25) is 0 Å². The number of hydrogen-bond donors (Lipinski definition) is 1. The molecule has 0 radical (unpaired) electrons. The first-order valence-electron chi connectivity index (χ1n) is 3.75. The summed E-state index contributed by atoms with van der Waals surface area (Å²) < 4.78 is 0. The first-order valence-corrected chi connectivity index (χ1v) is 3.75. The molecule has 1 saturated heterocycles. The Morgan fingerprint density at radius 2 is 1.60 bits per heavy atom. The zero-order chi connectivity index (χ0) is 6.85. The van der Waals surface area contributed by atoms with Gasteiger partial charge in [0.15, 0.2) is 0 Å². The standard InChI is InChI=1S/C8H16N.W/c1-6-4-9-5-7(2)8(6)3;/h6-9H,3-5H2,1-2H3;/q-1;. The fourth-order valence-corrected chi connectivity index (χ4v) is 1.40. The van der Waals surface area contributed by atoms with Gasteiger partial charge in [-0.15, -0.1) is 0 Å². The first-order chi connectivity index (χ1) is 4.22. The van der Waals surface area contributed by atoms with Crippen LogP contribution in [0.2, 0.25) is 0 Å². The van der Waals surface area contributed by atoms with Crippen LogP contribution in [0.5, 0.6) is 0 Å². The third-order valence-electron chi connectivity index (χ3n) is 2.39. The molecule has 0 bridgehead atoms. The van der Waals surface area contributed by atoms with Crippen molar-refractivity contribution in [2.45, 2.75) is 13.8 Å². The fourth-order valence-electron chi connectivity index (χ4n) is 1.40. The van der Waals surface area contributed by atoms with E-state index in [4.69, 9.17) is 0 Å². The number of hydrogen-bond acceptors (Lipinski definition) is 1. The van der Waals surface area contributed by atoms with Crippen LogP contribution < -0.4 is 5.32 Å². The van der Waals surface area contributed by atoms with Crippen LogP contribution in [0, 0.1) is 24.7 Å². The van der Waals surface area contributed by atoms with E-state index >= 15 is 0 Å². The summed E-state index contributed by atoms with van der Waals surface area (Å²) >= 11 is 0. The molecule has 10 heavy (non-hydrogen) atoms. The molecule has 1 nitrogen and oxygen atoms in total. The van der Waals surface area contributed by atoms with Gasteiger partial charge in [0.25, 0.3) is 0 Å². The molecule has 0 aromatic rings. The normalized spacial score (nSPS) is 40.5. The van der Waals surface area contributed by atoms with Crippen molar-refractivity contribution in [2.24, 2.45) is 17.8 Å². The molecule has 0 saturated carbocycles. The first kappa shape index (κ1) is 10.6. The van der Waals surface area contributed by atoms with E-state index in [-0.39, 0.29) is 21.1 Å². The van der Waals surface area contributed by atoms with Gasteiger partial charge < -0.3 is 12.2 Å². The minimum absolute atomic E-state index is 0. The van der Waals surface area contributed by atoms with E-state index < -0.39 is 0 Å². The van der Waals surface area contributed by atoms with Gasteiger partial charge in [0, 0.05) is 21.1 Å². The zero-order valence-corrected chi connectivity index (χ0v) is 9.70. The van der Waals surface area contributed by atoms with E-state index in [1.54, 1.807) is 0 Å². The maximum Gasteiger partial charge on any atom is 0 e.